The van der Waals surface area contributed by atoms with Gasteiger partial charge in [-0.15, -0.1) is 0 Å². The van der Waals surface area contributed by atoms with Crippen LogP contribution >= 0.6 is 0 Å². The van der Waals surface area contributed by atoms with Gasteiger partial charge < -0.3 is 0 Å². The molecule has 3 nitrogen and oxygen atoms in total. The Labute approximate surface area is 119 Å². The molecule has 0 N–H and O–H groups in total. The smallest absolute Gasteiger partial charge is 0.206 e. The summed E-state index contributed by atoms with van der Waals surface area (Å²) in [4.78, 5) is 11.9. The lowest BCUT2D eigenvalue weighted by atomic mass is 9.87. The van der Waals surface area contributed by atoms with Crippen LogP contribution in [0.15, 0.2) is 42.6 Å². The zero-order valence-corrected chi connectivity index (χ0v) is 12.4. The molecule has 0 bridgehead atoms. The first-order valence-corrected chi connectivity index (χ1v) is 6.69. The highest BCUT2D eigenvalue weighted by Gasteiger charge is 2.12. The van der Waals surface area contributed by atoms with Gasteiger partial charge >= 0.3 is 0 Å². The molecule has 104 valence electrons. The van der Waals surface area contributed by atoms with Crippen molar-refractivity contribution in [1.82, 2.24) is 9.78 Å². The summed E-state index contributed by atoms with van der Waals surface area (Å²) in [5.41, 5.74) is 2.91. The largest absolute Gasteiger partial charge is 0.287 e. The molecule has 0 aliphatic heterocycles. The minimum absolute atomic E-state index is 0.0782. The molecular formula is C17H20N2O. The van der Waals surface area contributed by atoms with E-state index in [0.29, 0.717) is 5.69 Å². The normalized spacial score (nSPS) is 12.0. The maximum absolute atomic E-state index is 11.9. The summed E-state index contributed by atoms with van der Waals surface area (Å²) >= 11 is 0. The summed E-state index contributed by atoms with van der Waals surface area (Å²) < 4.78 is 1.62. The Morgan fingerprint density at radius 3 is 2.30 bits per heavy atom. The van der Waals surface area contributed by atoms with Crippen molar-refractivity contribution < 1.29 is 4.79 Å². The van der Waals surface area contributed by atoms with Gasteiger partial charge in [0, 0.05) is 13.2 Å². The average molecular weight is 268 g/mol. The van der Waals surface area contributed by atoms with Crippen LogP contribution in [-0.2, 0) is 12.5 Å². The molecule has 0 spiro atoms. The Hall–Kier alpha value is -2.16. The molecule has 2 rings (SSSR count). The van der Waals surface area contributed by atoms with Crippen LogP contribution in [0.3, 0.4) is 0 Å². The molecule has 1 aromatic carbocycles. The van der Waals surface area contributed by atoms with Gasteiger partial charge in [-0.2, -0.15) is 5.10 Å². The third-order valence-electron chi connectivity index (χ3n) is 3.17. The van der Waals surface area contributed by atoms with E-state index in [1.165, 1.54) is 5.56 Å². The standard InChI is InChI=1S/C17H20N2O/c1-17(2,3)14-8-5-13(6-9-14)7-10-16(20)15-11-12-19(4)18-15/h5-12H,1-4H3/b10-7+. The summed E-state index contributed by atoms with van der Waals surface area (Å²) in [5, 5.41) is 4.09. The van der Waals surface area contributed by atoms with Crippen LogP contribution in [0.1, 0.15) is 42.4 Å². The summed E-state index contributed by atoms with van der Waals surface area (Å²) in [7, 11) is 1.80. The molecule has 3 heteroatoms. The fourth-order valence-corrected chi connectivity index (χ4v) is 1.90. The third-order valence-corrected chi connectivity index (χ3v) is 3.17. The second-order valence-electron chi connectivity index (χ2n) is 5.94. The molecule has 0 amide bonds. The predicted octanol–water partition coefficient (Wildman–Crippen LogP) is 3.61. The second-order valence-corrected chi connectivity index (χ2v) is 5.94. The summed E-state index contributed by atoms with van der Waals surface area (Å²) in [5.74, 6) is -0.0782. The van der Waals surface area contributed by atoms with Crippen molar-refractivity contribution in [3.8, 4) is 0 Å². The van der Waals surface area contributed by atoms with Crippen LogP contribution < -0.4 is 0 Å². The number of carbonyl (C=O) groups is 1. The zero-order chi connectivity index (χ0) is 14.8. The Bertz CT molecular complexity index is 628. The predicted molar refractivity (Wildman–Crippen MR) is 81.7 cm³/mol. The van der Waals surface area contributed by atoms with Crippen LogP contribution in [0.5, 0.6) is 0 Å². The summed E-state index contributed by atoms with van der Waals surface area (Å²) in [6.45, 7) is 6.55. The Morgan fingerprint density at radius 2 is 1.80 bits per heavy atom. The molecule has 0 aliphatic carbocycles. The van der Waals surface area contributed by atoms with Crippen molar-refractivity contribution in [2.75, 3.05) is 0 Å². The topological polar surface area (TPSA) is 34.9 Å². The zero-order valence-electron chi connectivity index (χ0n) is 12.4. The molecule has 0 fully saturated rings. The molecular weight excluding hydrogens is 248 g/mol. The van der Waals surface area contributed by atoms with Crippen molar-refractivity contribution in [3.63, 3.8) is 0 Å². The highest BCUT2D eigenvalue weighted by Crippen LogP contribution is 2.22. The first kappa shape index (κ1) is 14.3. The summed E-state index contributed by atoms with van der Waals surface area (Å²) in [6.07, 6.45) is 5.15. The average Bonchev–Trinajstić information content (AvgIpc) is 2.82. The van der Waals surface area contributed by atoms with E-state index in [4.69, 9.17) is 0 Å². The van der Waals surface area contributed by atoms with Gasteiger partial charge in [-0.25, -0.2) is 0 Å². The van der Waals surface area contributed by atoms with E-state index in [1.54, 1.807) is 30.1 Å². The molecule has 0 aliphatic rings. The molecule has 0 unspecified atom stereocenters. The molecule has 0 saturated carbocycles. The fraction of sp³-hybridized carbons (Fsp3) is 0.294. The van der Waals surface area contributed by atoms with Crippen molar-refractivity contribution in [2.45, 2.75) is 26.2 Å². The molecule has 1 aromatic heterocycles. The van der Waals surface area contributed by atoms with Crippen molar-refractivity contribution >= 4 is 11.9 Å². The maximum atomic E-state index is 11.9. The van der Waals surface area contributed by atoms with Crippen LogP contribution in [0.2, 0.25) is 0 Å². The number of nitrogens with zero attached hydrogens (tertiary/aromatic N) is 2. The van der Waals surface area contributed by atoms with Crippen molar-refractivity contribution in [2.24, 2.45) is 7.05 Å². The molecule has 2 aromatic rings. The van der Waals surface area contributed by atoms with Gasteiger partial charge in [-0.1, -0.05) is 51.1 Å². The Balaban J connectivity index is 2.10. The highest BCUT2D eigenvalue weighted by atomic mass is 16.1. The lowest BCUT2D eigenvalue weighted by Crippen LogP contribution is -2.10. The van der Waals surface area contributed by atoms with Gasteiger partial charge in [-0.3, -0.25) is 9.48 Å². The molecule has 0 saturated heterocycles. The number of rotatable bonds is 3. The molecule has 1 heterocycles. The van der Waals surface area contributed by atoms with Crippen molar-refractivity contribution in [3.05, 3.63) is 59.4 Å². The minimum Gasteiger partial charge on any atom is -0.287 e. The van der Waals surface area contributed by atoms with Gasteiger partial charge in [0.15, 0.2) is 0 Å². The SMILES string of the molecule is Cn1ccc(C(=O)/C=C/c2ccc(C(C)(C)C)cc2)n1. The van der Waals surface area contributed by atoms with Gasteiger partial charge in [0.1, 0.15) is 5.69 Å². The van der Waals surface area contributed by atoms with E-state index < -0.39 is 0 Å². The number of aryl methyl sites for hydroxylation is 1. The van der Waals surface area contributed by atoms with Gasteiger partial charge in [-0.05, 0) is 28.7 Å². The lowest BCUT2D eigenvalue weighted by molar-refractivity contribution is 0.104. The molecule has 0 radical (unpaired) electrons. The van der Waals surface area contributed by atoms with E-state index >= 15 is 0 Å². The van der Waals surface area contributed by atoms with E-state index in [-0.39, 0.29) is 11.2 Å². The lowest BCUT2D eigenvalue weighted by Gasteiger charge is -2.18. The van der Waals surface area contributed by atoms with E-state index in [9.17, 15) is 4.79 Å². The van der Waals surface area contributed by atoms with Gasteiger partial charge in [0.2, 0.25) is 5.78 Å². The van der Waals surface area contributed by atoms with Crippen LogP contribution in [-0.4, -0.2) is 15.6 Å². The first-order chi connectivity index (χ1) is 9.36. The Morgan fingerprint density at radius 1 is 1.15 bits per heavy atom. The number of benzene rings is 1. The van der Waals surface area contributed by atoms with Crippen molar-refractivity contribution in [1.29, 1.82) is 0 Å². The van der Waals surface area contributed by atoms with Gasteiger partial charge in [0.25, 0.3) is 0 Å². The number of allylic oxidation sites excluding steroid dienone is 1. The second kappa shape index (κ2) is 5.45. The van der Waals surface area contributed by atoms with E-state index in [1.807, 2.05) is 18.2 Å². The molecule has 0 atom stereocenters. The maximum Gasteiger partial charge on any atom is 0.206 e. The summed E-state index contributed by atoms with van der Waals surface area (Å²) in [6, 6.07) is 9.98. The third kappa shape index (κ3) is 3.44. The van der Waals surface area contributed by atoms with E-state index in [0.717, 1.165) is 5.56 Å². The van der Waals surface area contributed by atoms with Crippen LogP contribution in [0.25, 0.3) is 6.08 Å². The fourth-order valence-electron chi connectivity index (χ4n) is 1.90. The van der Waals surface area contributed by atoms with E-state index in [2.05, 4.69) is 38.0 Å². The number of ketones is 1. The number of carbonyl (C=O) groups excluding carboxylic acids is 1. The van der Waals surface area contributed by atoms with Crippen LogP contribution in [0, 0.1) is 0 Å². The molecule has 20 heavy (non-hydrogen) atoms. The van der Waals surface area contributed by atoms with Crippen LogP contribution in [0.4, 0.5) is 0 Å². The highest BCUT2D eigenvalue weighted by molar-refractivity contribution is 6.05. The monoisotopic (exact) mass is 268 g/mol. The minimum atomic E-state index is -0.0782. The van der Waals surface area contributed by atoms with Gasteiger partial charge in [0.05, 0.1) is 0 Å². The Kier molecular flexibility index (Phi) is 3.89. The number of aromatic nitrogens is 2. The number of hydrogen-bond acceptors (Lipinski definition) is 2. The first-order valence-electron chi connectivity index (χ1n) is 6.69. The quantitative estimate of drug-likeness (QED) is 0.629. The number of hydrogen-bond donors (Lipinski definition) is 0.